The van der Waals surface area contributed by atoms with Crippen LogP contribution in [-0.2, 0) is 19.9 Å². The predicted molar refractivity (Wildman–Crippen MR) is 49.0 cm³/mol. The Hall–Kier alpha value is -1.25. The van der Waals surface area contributed by atoms with Crippen molar-refractivity contribution in [3.8, 4) is 0 Å². The van der Waals surface area contributed by atoms with Crippen LogP contribution in [0.2, 0.25) is 0 Å². The minimum Gasteiger partial charge on any atom is -0.478 e. The highest BCUT2D eigenvalue weighted by atomic mass is 16.4. The number of aromatic nitrogens is 1. The smallest absolute Gasteiger partial charge is 0.337 e. The quantitative estimate of drug-likeness (QED) is 0.711. The fourth-order valence-corrected chi connectivity index (χ4v) is 2.10. The van der Waals surface area contributed by atoms with Crippen molar-refractivity contribution in [3.63, 3.8) is 0 Å². The second-order valence-electron chi connectivity index (χ2n) is 3.59. The van der Waals surface area contributed by atoms with Crippen LogP contribution in [0.5, 0.6) is 0 Å². The van der Waals surface area contributed by atoms with E-state index in [1.807, 2.05) is 11.6 Å². The third-order valence-corrected chi connectivity index (χ3v) is 2.74. The van der Waals surface area contributed by atoms with Gasteiger partial charge in [-0.15, -0.1) is 0 Å². The van der Waals surface area contributed by atoms with E-state index in [-0.39, 0.29) is 0 Å². The predicted octanol–water partition coefficient (Wildman–Crippen LogP) is 1.60. The molecule has 3 nitrogen and oxygen atoms in total. The molecule has 0 aromatic carbocycles. The molecule has 0 aliphatic heterocycles. The van der Waals surface area contributed by atoms with Crippen molar-refractivity contribution >= 4 is 5.97 Å². The number of nitrogens with zero attached hydrogens (tertiary/aromatic N) is 1. The van der Waals surface area contributed by atoms with Gasteiger partial charge in [0.25, 0.3) is 0 Å². The lowest BCUT2D eigenvalue weighted by Gasteiger charge is -2.13. The Labute approximate surface area is 77.0 Å². The summed E-state index contributed by atoms with van der Waals surface area (Å²) in [6.07, 6.45) is 6.00. The van der Waals surface area contributed by atoms with Crippen LogP contribution in [0.1, 0.15) is 34.5 Å². The van der Waals surface area contributed by atoms with Gasteiger partial charge < -0.3 is 9.67 Å². The Morgan fingerprint density at radius 2 is 2.15 bits per heavy atom. The van der Waals surface area contributed by atoms with E-state index in [4.69, 9.17) is 5.11 Å². The van der Waals surface area contributed by atoms with Gasteiger partial charge in [0.15, 0.2) is 0 Å². The van der Waals surface area contributed by atoms with E-state index in [0.29, 0.717) is 5.56 Å². The van der Waals surface area contributed by atoms with Gasteiger partial charge >= 0.3 is 5.97 Å². The molecule has 3 heteroatoms. The van der Waals surface area contributed by atoms with Crippen LogP contribution < -0.4 is 0 Å². The van der Waals surface area contributed by atoms with Crippen LogP contribution in [0, 0.1) is 0 Å². The van der Waals surface area contributed by atoms with E-state index < -0.39 is 5.97 Å². The van der Waals surface area contributed by atoms with Crippen molar-refractivity contribution in [3.05, 3.63) is 23.0 Å². The van der Waals surface area contributed by atoms with E-state index in [1.54, 1.807) is 6.20 Å². The molecule has 0 bridgehead atoms. The number of fused-ring (bicyclic) bond motifs is 1. The molecular formula is C10H13NO2. The first kappa shape index (κ1) is 8.35. The minimum atomic E-state index is -0.793. The molecule has 0 atom stereocenters. The fraction of sp³-hybridized carbons (Fsp3) is 0.500. The highest BCUT2D eigenvalue weighted by molar-refractivity contribution is 5.89. The molecule has 2 rings (SSSR count). The van der Waals surface area contributed by atoms with Crippen molar-refractivity contribution in [2.75, 3.05) is 0 Å². The molecule has 70 valence electrons. The van der Waals surface area contributed by atoms with Crippen molar-refractivity contribution in [2.24, 2.45) is 7.05 Å². The molecular weight excluding hydrogens is 166 g/mol. The molecule has 0 fully saturated rings. The van der Waals surface area contributed by atoms with Crippen molar-refractivity contribution in [2.45, 2.75) is 25.7 Å². The van der Waals surface area contributed by atoms with E-state index in [9.17, 15) is 4.79 Å². The molecule has 1 aliphatic rings. The first-order chi connectivity index (χ1) is 6.20. The van der Waals surface area contributed by atoms with Crippen LogP contribution >= 0.6 is 0 Å². The summed E-state index contributed by atoms with van der Waals surface area (Å²) >= 11 is 0. The summed E-state index contributed by atoms with van der Waals surface area (Å²) in [4.78, 5) is 10.9. The lowest BCUT2D eigenvalue weighted by Crippen LogP contribution is -2.07. The summed E-state index contributed by atoms with van der Waals surface area (Å²) < 4.78 is 1.96. The molecule has 1 aliphatic carbocycles. The average Bonchev–Trinajstić information content (AvgIpc) is 2.45. The van der Waals surface area contributed by atoms with Gasteiger partial charge in [0.1, 0.15) is 0 Å². The number of carboxylic acids is 1. The monoisotopic (exact) mass is 179 g/mol. The number of hydrogen-bond donors (Lipinski definition) is 1. The molecule has 0 unspecified atom stereocenters. The van der Waals surface area contributed by atoms with E-state index in [0.717, 1.165) is 24.8 Å². The third-order valence-electron chi connectivity index (χ3n) is 2.74. The standard InChI is InChI=1S/C10H13NO2/c1-11-6-8(10(12)13)7-4-2-3-5-9(7)11/h6H,2-5H2,1H3,(H,12,13). The Morgan fingerprint density at radius 1 is 1.46 bits per heavy atom. The number of aromatic carboxylic acids is 1. The summed E-state index contributed by atoms with van der Waals surface area (Å²) in [7, 11) is 1.93. The van der Waals surface area contributed by atoms with Gasteiger partial charge in [0, 0.05) is 18.9 Å². The van der Waals surface area contributed by atoms with Gasteiger partial charge in [-0.2, -0.15) is 0 Å². The maximum atomic E-state index is 10.9. The highest BCUT2D eigenvalue weighted by Crippen LogP contribution is 2.25. The summed E-state index contributed by atoms with van der Waals surface area (Å²) in [6.45, 7) is 0. The van der Waals surface area contributed by atoms with Gasteiger partial charge in [0.2, 0.25) is 0 Å². The summed E-state index contributed by atoms with van der Waals surface area (Å²) in [5.74, 6) is -0.793. The number of hydrogen-bond acceptors (Lipinski definition) is 1. The molecule has 1 aromatic heterocycles. The van der Waals surface area contributed by atoms with E-state index >= 15 is 0 Å². The number of rotatable bonds is 1. The first-order valence-corrected chi connectivity index (χ1v) is 4.60. The zero-order valence-electron chi connectivity index (χ0n) is 7.71. The second-order valence-corrected chi connectivity index (χ2v) is 3.59. The lowest BCUT2D eigenvalue weighted by molar-refractivity contribution is 0.0695. The van der Waals surface area contributed by atoms with Gasteiger partial charge in [-0.05, 0) is 31.2 Å². The molecule has 0 radical (unpaired) electrons. The summed E-state index contributed by atoms with van der Waals surface area (Å²) in [5.41, 5.74) is 2.77. The molecule has 1 aromatic rings. The maximum absolute atomic E-state index is 10.9. The summed E-state index contributed by atoms with van der Waals surface area (Å²) in [6, 6.07) is 0. The Balaban J connectivity index is 2.53. The largest absolute Gasteiger partial charge is 0.478 e. The van der Waals surface area contributed by atoms with Crippen LogP contribution in [0.25, 0.3) is 0 Å². The molecule has 1 heterocycles. The van der Waals surface area contributed by atoms with Crippen LogP contribution in [0.15, 0.2) is 6.20 Å². The van der Waals surface area contributed by atoms with Gasteiger partial charge in [-0.3, -0.25) is 0 Å². The Morgan fingerprint density at radius 3 is 2.85 bits per heavy atom. The fourth-order valence-electron chi connectivity index (χ4n) is 2.10. The molecule has 13 heavy (non-hydrogen) atoms. The highest BCUT2D eigenvalue weighted by Gasteiger charge is 2.20. The maximum Gasteiger partial charge on any atom is 0.337 e. The normalized spacial score (nSPS) is 15.5. The molecule has 1 N–H and O–H groups in total. The van der Waals surface area contributed by atoms with Gasteiger partial charge in [0.05, 0.1) is 5.56 Å². The van der Waals surface area contributed by atoms with Crippen molar-refractivity contribution in [1.29, 1.82) is 0 Å². The van der Waals surface area contributed by atoms with Crippen molar-refractivity contribution < 1.29 is 9.90 Å². The average molecular weight is 179 g/mol. The first-order valence-electron chi connectivity index (χ1n) is 4.60. The van der Waals surface area contributed by atoms with Crippen molar-refractivity contribution in [1.82, 2.24) is 4.57 Å². The molecule has 0 saturated heterocycles. The van der Waals surface area contributed by atoms with Crippen LogP contribution in [-0.4, -0.2) is 15.6 Å². The molecule has 0 saturated carbocycles. The van der Waals surface area contributed by atoms with Gasteiger partial charge in [-0.1, -0.05) is 0 Å². The van der Waals surface area contributed by atoms with E-state index in [2.05, 4.69) is 0 Å². The number of carbonyl (C=O) groups is 1. The van der Waals surface area contributed by atoms with Crippen LogP contribution in [0.3, 0.4) is 0 Å². The number of aryl methyl sites for hydroxylation is 1. The zero-order valence-corrected chi connectivity index (χ0v) is 7.71. The van der Waals surface area contributed by atoms with E-state index in [1.165, 1.54) is 12.1 Å². The topological polar surface area (TPSA) is 42.2 Å². The van der Waals surface area contributed by atoms with Gasteiger partial charge in [-0.25, -0.2) is 4.79 Å². The minimum absolute atomic E-state index is 0.497. The zero-order chi connectivity index (χ0) is 9.42. The third kappa shape index (κ3) is 1.24. The molecule has 0 spiro atoms. The Kier molecular flexibility index (Phi) is 1.87. The SMILES string of the molecule is Cn1cc(C(=O)O)c2c1CCCC2. The second kappa shape index (κ2) is 2.91. The number of carboxylic acid groups (broad SMARTS) is 1. The molecule has 0 amide bonds. The van der Waals surface area contributed by atoms with Crippen LogP contribution in [0.4, 0.5) is 0 Å². The Bertz CT molecular complexity index is 352. The summed E-state index contributed by atoms with van der Waals surface area (Å²) in [5, 5.41) is 8.94. The lowest BCUT2D eigenvalue weighted by atomic mass is 9.95.